The monoisotopic (exact) mass is 281 g/mol. The van der Waals surface area contributed by atoms with Crippen LogP contribution in [0.15, 0.2) is 18.2 Å². The predicted octanol–water partition coefficient (Wildman–Crippen LogP) is 3.93. The van der Waals surface area contributed by atoms with Crippen LogP contribution in [0.3, 0.4) is 0 Å². The van der Waals surface area contributed by atoms with Crippen LogP contribution in [-0.2, 0) is 6.18 Å². The SMILES string of the molecule is CCC(C)(O)CNc1cc(C(F)(F)F)ccc1Cl. The van der Waals surface area contributed by atoms with E-state index in [0.29, 0.717) is 6.42 Å². The number of aliphatic hydroxyl groups is 1. The quantitative estimate of drug-likeness (QED) is 0.876. The van der Waals surface area contributed by atoms with Gasteiger partial charge in [0, 0.05) is 6.54 Å². The molecule has 0 fully saturated rings. The Hall–Kier alpha value is -0.940. The van der Waals surface area contributed by atoms with E-state index in [1.54, 1.807) is 13.8 Å². The summed E-state index contributed by atoms with van der Waals surface area (Å²) in [4.78, 5) is 0. The van der Waals surface area contributed by atoms with Gasteiger partial charge in [-0.05, 0) is 31.5 Å². The summed E-state index contributed by atoms with van der Waals surface area (Å²) >= 11 is 5.81. The van der Waals surface area contributed by atoms with Crippen LogP contribution in [0.5, 0.6) is 0 Å². The van der Waals surface area contributed by atoms with Crippen LogP contribution in [0.4, 0.5) is 18.9 Å². The Morgan fingerprint density at radius 3 is 2.44 bits per heavy atom. The van der Waals surface area contributed by atoms with Gasteiger partial charge in [-0.1, -0.05) is 18.5 Å². The summed E-state index contributed by atoms with van der Waals surface area (Å²) in [7, 11) is 0. The Labute approximate surface area is 109 Å². The highest BCUT2D eigenvalue weighted by molar-refractivity contribution is 6.33. The van der Waals surface area contributed by atoms with Crippen LogP contribution in [0, 0.1) is 0 Å². The Balaban J connectivity index is 2.89. The molecule has 0 aliphatic rings. The molecule has 1 unspecified atom stereocenters. The number of hydrogen-bond donors (Lipinski definition) is 2. The van der Waals surface area contributed by atoms with Gasteiger partial charge in [-0.15, -0.1) is 0 Å². The van der Waals surface area contributed by atoms with Gasteiger partial charge in [-0.3, -0.25) is 0 Å². The third-order valence-corrected chi connectivity index (χ3v) is 3.04. The molecule has 1 aromatic rings. The molecule has 0 spiro atoms. The second-order valence-electron chi connectivity index (χ2n) is 4.40. The van der Waals surface area contributed by atoms with Crippen molar-refractivity contribution in [1.82, 2.24) is 0 Å². The van der Waals surface area contributed by atoms with Crippen LogP contribution in [0.25, 0.3) is 0 Å². The molecule has 1 aromatic carbocycles. The van der Waals surface area contributed by atoms with Crippen LogP contribution in [0.1, 0.15) is 25.8 Å². The van der Waals surface area contributed by atoms with Crippen molar-refractivity contribution in [3.05, 3.63) is 28.8 Å². The maximum atomic E-state index is 12.5. The van der Waals surface area contributed by atoms with Gasteiger partial charge in [-0.25, -0.2) is 0 Å². The van der Waals surface area contributed by atoms with Gasteiger partial charge in [-0.2, -0.15) is 13.2 Å². The average molecular weight is 282 g/mol. The van der Waals surface area contributed by atoms with Crippen molar-refractivity contribution < 1.29 is 18.3 Å². The van der Waals surface area contributed by atoms with E-state index in [2.05, 4.69) is 5.32 Å². The molecule has 0 aliphatic heterocycles. The lowest BCUT2D eigenvalue weighted by molar-refractivity contribution is -0.137. The molecule has 2 nitrogen and oxygen atoms in total. The first-order chi connectivity index (χ1) is 8.15. The maximum absolute atomic E-state index is 12.5. The highest BCUT2D eigenvalue weighted by atomic mass is 35.5. The Kier molecular flexibility index (Phi) is 4.50. The smallest absolute Gasteiger partial charge is 0.388 e. The van der Waals surface area contributed by atoms with Crippen LogP contribution in [0.2, 0.25) is 5.02 Å². The fourth-order valence-electron chi connectivity index (χ4n) is 1.25. The summed E-state index contributed by atoms with van der Waals surface area (Å²) in [6.07, 6.45) is -3.93. The normalized spacial score (nSPS) is 15.3. The van der Waals surface area contributed by atoms with Crippen LogP contribution >= 0.6 is 11.6 Å². The predicted molar refractivity (Wildman–Crippen MR) is 65.9 cm³/mol. The molecule has 1 atom stereocenters. The Bertz CT molecular complexity index is 418. The zero-order valence-electron chi connectivity index (χ0n) is 10.1. The molecule has 0 saturated carbocycles. The van der Waals surface area contributed by atoms with Crippen LogP contribution < -0.4 is 5.32 Å². The van der Waals surface area contributed by atoms with E-state index in [1.165, 1.54) is 6.07 Å². The number of anilines is 1. The summed E-state index contributed by atoms with van der Waals surface area (Å²) in [6.45, 7) is 3.52. The first-order valence-electron chi connectivity index (χ1n) is 5.49. The number of benzene rings is 1. The maximum Gasteiger partial charge on any atom is 0.416 e. The first-order valence-corrected chi connectivity index (χ1v) is 5.86. The molecule has 1 rings (SSSR count). The zero-order valence-corrected chi connectivity index (χ0v) is 10.9. The molecule has 0 amide bonds. The second kappa shape index (κ2) is 5.36. The van der Waals surface area contributed by atoms with E-state index in [0.717, 1.165) is 12.1 Å². The Morgan fingerprint density at radius 2 is 1.94 bits per heavy atom. The number of hydrogen-bond acceptors (Lipinski definition) is 2. The topological polar surface area (TPSA) is 32.3 Å². The van der Waals surface area contributed by atoms with Crippen molar-refractivity contribution in [2.45, 2.75) is 32.0 Å². The summed E-state index contributed by atoms with van der Waals surface area (Å²) in [6, 6.07) is 3.05. The highest BCUT2D eigenvalue weighted by Crippen LogP contribution is 2.33. The fourth-order valence-corrected chi connectivity index (χ4v) is 1.43. The first kappa shape index (κ1) is 15.1. The van der Waals surface area contributed by atoms with Gasteiger partial charge in [0.25, 0.3) is 0 Å². The van der Waals surface area contributed by atoms with Crippen molar-refractivity contribution in [3.8, 4) is 0 Å². The highest BCUT2D eigenvalue weighted by Gasteiger charge is 2.31. The molecular weight excluding hydrogens is 267 g/mol. The van der Waals surface area contributed by atoms with E-state index < -0.39 is 17.3 Å². The van der Waals surface area contributed by atoms with E-state index in [-0.39, 0.29) is 17.3 Å². The molecule has 0 saturated heterocycles. The van der Waals surface area contributed by atoms with Gasteiger partial charge in [0.05, 0.1) is 21.9 Å². The minimum Gasteiger partial charge on any atom is -0.388 e. The number of halogens is 4. The minimum atomic E-state index is -4.41. The second-order valence-corrected chi connectivity index (χ2v) is 4.80. The van der Waals surface area contributed by atoms with Gasteiger partial charge >= 0.3 is 6.18 Å². The molecule has 0 radical (unpaired) electrons. The minimum absolute atomic E-state index is 0.129. The molecule has 6 heteroatoms. The van der Waals surface area contributed by atoms with Gasteiger partial charge in [0.2, 0.25) is 0 Å². The summed E-state index contributed by atoms with van der Waals surface area (Å²) < 4.78 is 37.6. The third kappa shape index (κ3) is 4.07. The van der Waals surface area contributed by atoms with Crippen LogP contribution in [-0.4, -0.2) is 17.3 Å². The Morgan fingerprint density at radius 1 is 1.33 bits per heavy atom. The molecule has 0 bridgehead atoms. The molecular formula is C12H15ClF3NO. The van der Waals surface area contributed by atoms with E-state index >= 15 is 0 Å². The molecule has 2 N–H and O–H groups in total. The lowest BCUT2D eigenvalue weighted by Crippen LogP contribution is -2.32. The van der Waals surface area contributed by atoms with Gasteiger partial charge in [0.1, 0.15) is 0 Å². The molecule has 0 aromatic heterocycles. The summed E-state index contributed by atoms with van der Waals surface area (Å²) in [5.74, 6) is 0. The van der Waals surface area contributed by atoms with Gasteiger partial charge in [0.15, 0.2) is 0 Å². The fraction of sp³-hybridized carbons (Fsp3) is 0.500. The lowest BCUT2D eigenvalue weighted by Gasteiger charge is -2.23. The molecule has 102 valence electrons. The van der Waals surface area contributed by atoms with E-state index in [1.807, 2.05) is 0 Å². The number of alkyl halides is 3. The third-order valence-electron chi connectivity index (χ3n) is 2.72. The van der Waals surface area contributed by atoms with E-state index in [9.17, 15) is 18.3 Å². The zero-order chi connectivity index (χ0) is 14.0. The van der Waals surface area contributed by atoms with Crippen molar-refractivity contribution in [2.75, 3.05) is 11.9 Å². The standard InChI is InChI=1S/C12H15ClF3NO/c1-3-11(2,18)7-17-10-6-8(12(14,15)16)4-5-9(10)13/h4-6,17-18H,3,7H2,1-2H3. The summed E-state index contributed by atoms with van der Waals surface area (Å²) in [5.41, 5.74) is -1.59. The van der Waals surface area contributed by atoms with Crippen molar-refractivity contribution in [1.29, 1.82) is 0 Å². The molecule has 0 heterocycles. The van der Waals surface area contributed by atoms with Gasteiger partial charge < -0.3 is 10.4 Å². The number of nitrogens with one attached hydrogen (secondary N) is 1. The average Bonchev–Trinajstić information content (AvgIpc) is 2.26. The van der Waals surface area contributed by atoms with E-state index in [4.69, 9.17) is 11.6 Å². The molecule has 0 aliphatic carbocycles. The largest absolute Gasteiger partial charge is 0.416 e. The van der Waals surface area contributed by atoms with Crippen molar-refractivity contribution >= 4 is 17.3 Å². The number of rotatable bonds is 4. The lowest BCUT2D eigenvalue weighted by atomic mass is 10.0. The molecule has 18 heavy (non-hydrogen) atoms. The van der Waals surface area contributed by atoms with Crippen molar-refractivity contribution in [2.24, 2.45) is 0 Å². The van der Waals surface area contributed by atoms with Crippen molar-refractivity contribution in [3.63, 3.8) is 0 Å². The summed E-state index contributed by atoms with van der Waals surface area (Å²) in [5, 5.41) is 12.7.